The summed E-state index contributed by atoms with van der Waals surface area (Å²) in [4.78, 5) is 26.2. The van der Waals surface area contributed by atoms with Crippen LogP contribution in [0.4, 0.5) is 19.0 Å². The van der Waals surface area contributed by atoms with E-state index in [1.807, 2.05) is 5.32 Å². The zero-order valence-electron chi connectivity index (χ0n) is 10.6. The predicted octanol–water partition coefficient (Wildman–Crippen LogP) is 1.06. The van der Waals surface area contributed by atoms with Crippen molar-refractivity contribution in [2.45, 2.75) is 18.8 Å². The van der Waals surface area contributed by atoms with E-state index in [0.717, 1.165) is 14.0 Å². The Hall–Kier alpha value is -2.32. The number of esters is 1. The lowest BCUT2D eigenvalue weighted by molar-refractivity contribution is -0.206. The van der Waals surface area contributed by atoms with Gasteiger partial charge >= 0.3 is 17.8 Å². The first kappa shape index (κ1) is 15.7. The summed E-state index contributed by atoms with van der Waals surface area (Å²) in [5.41, 5.74) is -3.40. The monoisotopic (exact) mass is 291 g/mol. The Labute approximate surface area is 112 Å². The molecule has 6 nitrogen and oxygen atoms in total. The van der Waals surface area contributed by atoms with Gasteiger partial charge in [0.15, 0.2) is 0 Å². The van der Waals surface area contributed by atoms with E-state index in [9.17, 15) is 22.8 Å². The van der Waals surface area contributed by atoms with Crippen LogP contribution >= 0.6 is 0 Å². The van der Waals surface area contributed by atoms with E-state index in [1.54, 1.807) is 5.32 Å². The number of pyridine rings is 1. The highest BCUT2D eigenvalue weighted by atomic mass is 19.4. The van der Waals surface area contributed by atoms with Gasteiger partial charge in [-0.1, -0.05) is 6.07 Å². The molecule has 1 rings (SSSR count). The molecule has 0 aliphatic heterocycles. The summed E-state index contributed by atoms with van der Waals surface area (Å²) < 4.78 is 43.9. The predicted molar refractivity (Wildman–Crippen MR) is 62.5 cm³/mol. The van der Waals surface area contributed by atoms with Gasteiger partial charge in [-0.15, -0.1) is 0 Å². The molecule has 110 valence electrons. The number of carbonyl (C=O) groups excluding carboxylic acids is 2. The van der Waals surface area contributed by atoms with Gasteiger partial charge in [0, 0.05) is 13.1 Å². The Balaban J connectivity index is 3.29. The van der Waals surface area contributed by atoms with Crippen LogP contribution in [0.1, 0.15) is 6.92 Å². The maximum absolute atomic E-state index is 13.3. The first-order chi connectivity index (χ1) is 9.23. The molecule has 20 heavy (non-hydrogen) atoms. The molecule has 1 aromatic heterocycles. The van der Waals surface area contributed by atoms with Gasteiger partial charge in [-0.25, -0.2) is 9.78 Å². The first-order valence-corrected chi connectivity index (χ1v) is 5.36. The van der Waals surface area contributed by atoms with E-state index in [4.69, 9.17) is 0 Å². The van der Waals surface area contributed by atoms with Crippen LogP contribution in [0.15, 0.2) is 24.4 Å². The summed E-state index contributed by atoms with van der Waals surface area (Å²) in [6, 6.07) is 4.11. The summed E-state index contributed by atoms with van der Waals surface area (Å²) in [5.74, 6) is -3.01. The van der Waals surface area contributed by atoms with Crippen molar-refractivity contribution < 1.29 is 27.5 Å². The lowest BCUT2D eigenvalue weighted by atomic mass is 10.1. The molecule has 0 spiro atoms. The lowest BCUT2D eigenvalue weighted by Crippen LogP contribution is -2.69. The van der Waals surface area contributed by atoms with Crippen molar-refractivity contribution in [2.24, 2.45) is 0 Å². The molecule has 1 amide bonds. The number of ether oxygens (including phenoxy) is 1. The molecule has 1 heterocycles. The second kappa shape index (κ2) is 5.76. The minimum absolute atomic E-state index is 0.246. The van der Waals surface area contributed by atoms with E-state index in [1.165, 1.54) is 24.4 Å². The average molecular weight is 291 g/mol. The van der Waals surface area contributed by atoms with Crippen molar-refractivity contribution in [1.82, 2.24) is 10.3 Å². The number of hydrogen-bond acceptors (Lipinski definition) is 5. The molecule has 0 aliphatic carbocycles. The molecular weight excluding hydrogens is 279 g/mol. The van der Waals surface area contributed by atoms with Crippen LogP contribution in [0, 0.1) is 0 Å². The van der Waals surface area contributed by atoms with Gasteiger partial charge < -0.3 is 15.4 Å². The summed E-state index contributed by atoms with van der Waals surface area (Å²) in [6.07, 6.45) is -3.90. The number of halogens is 3. The number of carbonyl (C=O) groups is 2. The Kier molecular flexibility index (Phi) is 4.53. The maximum Gasteiger partial charge on any atom is 0.441 e. The zero-order valence-corrected chi connectivity index (χ0v) is 10.6. The van der Waals surface area contributed by atoms with Crippen LogP contribution in [0.25, 0.3) is 0 Å². The maximum atomic E-state index is 13.3. The molecule has 0 fully saturated rings. The van der Waals surface area contributed by atoms with Gasteiger partial charge in [0.05, 0.1) is 7.11 Å². The molecule has 0 radical (unpaired) electrons. The molecule has 0 aromatic carbocycles. The second-order valence-corrected chi connectivity index (χ2v) is 3.76. The van der Waals surface area contributed by atoms with Crippen LogP contribution in [0.2, 0.25) is 0 Å². The fourth-order valence-corrected chi connectivity index (χ4v) is 1.44. The van der Waals surface area contributed by atoms with E-state index < -0.39 is 23.7 Å². The summed E-state index contributed by atoms with van der Waals surface area (Å²) >= 11 is 0. The van der Waals surface area contributed by atoms with Crippen LogP contribution in [0.5, 0.6) is 0 Å². The van der Waals surface area contributed by atoms with E-state index >= 15 is 0 Å². The summed E-state index contributed by atoms with van der Waals surface area (Å²) in [5, 5.41) is 3.41. The van der Waals surface area contributed by atoms with E-state index in [2.05, 4.69) is 9.72 Å². The Morgan fingerprint density at radius 2 is 1.95 bits per heavy atom. The number of nitrogens with one attached hydrogen (secondary N) is 2. The fourth-order valence-electron chi connectivity index (χ4n) is 1.44. The number of rotatable bonds is 4. The third-order valence-corrected chi connectivity index (χ3v) is 2.26. The number of anilines is 1. The Morgan fingerprint density at radius 1 is 1.30 bits per heavy atom. The van der Waals surface area contributed by atoms with Crippen LogP contribution < -0.4 is 10.6 Å². The van der Waals surface area contributed by atoms with Crippen molar-refractivity contribution in [3.05, 3.63) is 24.4 Å². The zero-order chi connectivity index (χ0) is 15.4. The van der Waals surface area contributed by atoms with Gasteiger partial charge in [-0.2, -0.15) is 13.2 Å². The first-order valence-electron chi connectivity index (χ1n) is 5.36. The number of methoxy groups -OCH3 is 1. The molecule has 2 N–H and O–H groups in total. The molecule has 0 aliphatic rings. The highest BCUT2D eigenvalue weighted by Gasteiger charge is 2.63. The average Bonchev–Trinajstić information content (AvgIpc) is 2.36. The van der Waals surface area contributed by atoms with Crippen molar-refractivity contribution >= 4 is 17.7 Å². The van der Waals surface area contributed by atoms with Crippen LogP contribution in [-0.2, 0) is 14.3 Å². The highest BCUT2D eigenvalue weighted by molar-refractivity contribution is 5.90. The smallest absolute Gasteiger partial charge is 0.441 e. The topological polar surface area (TPSA) is 80.3 Å². The second-order valence-electron chi connectivity index (χ2n) is 3.76. The van der Waals surface area contributed by atoms with Gasteiger partial charge in [-0.05, 0) is 12.1 Å². The summed E-state index contributed by atoms with van der Waals surface area (Å²) in [7, 11) is 0.782. The number of amides is 1. The van der Waals surface area contributed by atoms with Gasteiger partial charge in [-0.3, -0.25) is 4.79 Å². The molecular formula is C11H12F3N3O3. The Morgan fingerprint density at radius 3 is 2.35 bits per heavy atom. The quantitative estimate of drug-likeness (QED) is 0.640. The standard InChI is InChI=1S/C11H12F3N3O3/c1-7(18)16-10(9(19)20-2,11(12,13)14)17-8-5-3-4-6-15-8/h3-6H,1-2H3,(H,15,17)(H,16,18)/t10-/m1/s1. The number of hydrogen-bond donors (Lipinski definition) is 2. The van der Waals surface area contributed by atoms with Crippen molar-refractivity contribution in [3.63, 3.8) is 0 Å². The number of nitrogens with zero attached hydrogens (tertiary/aromatic N) is 1. The minimum atomic E-state index is -5.14. The van der Waals surface area contributed by atoms with Crippen LogP contribution in [-0.4, -0.2) is 35.8 Å². The molecule has 9 heteroatoms. The molecule has 1 aromatic rings. The van der Waals surface area contributed by atoms with Crippen molar-refractivity contribution in [1.29, 1.82) is 0 Å². The third-order valence-electron chi connectivity index (χ3n) is 2.26. The largest absolute Gasteiger partial charge is 0.466 e. The van der Waals surface area contributed by atoms with Gasteiger partial charge in [0.2, 0.25) is 5.91 Å². The van der Waals surface area contributed by atoms with Crippen molar-refractivity contribution in [2.75, 3.05) is 12.4 Å². The van der Waals surface area contributed by atoms with E-state index in [-0.39, 0.29) is 5.82 Å². The lowest BCUT2D eigenvalue weighted by Gasteiger charge is -2.34. The molecule has 1 atom stereocenters. The van der Waals surface area contributed by atoms with Crippen LogP contribution in [0.3, 0.4) is 0 Å². The van der Waals surface area contributed by atoms with Gasteiger partial charge in [0.25, 0.3) is 0 Å². The normalized spacial score (nSPS) is 14.1. The third kappa shape index (κ3) is 3.16. The highest BCUT2D eigenvalue weighted by Crippen LogP contribution is 2.32. The molecule has 0 saturated heterocycles. The fraction of sp³-hybridized carbons (Fsp3) is 0.364. The van der Waals surface area contributed by atoms with Gasteiger partial charge in [0.1, 0.15) is 5.82 Å². The Bertz CT molecular complexity index is 493. The number of aromatic nitrogens is 1. The molecule has 0 unspecified atom stereocenters. The molecule has 0 saturated carbocycles. The summed E-state index contributed by atoms with van der Waals surface area (Å²) in [6.45, 7) is 0.851. The van der Waals surface area contributed by atoms with E-state index in [0.29, 0.717) is 0 Å². The number of alkyl halides is 3. The molecule has 0 bridgehead atoms. The van der Waals surface area contributed by atoms with Crippen molar-refractivity contribution in [3.8, 4) is 0 Å². The SMILES string of the molecule is COC(=O)[C@@](NC(C)=O)(Nc1ccccn1)C(F)(F)F. The minimum Gasteiger partial charge on any atom is -0.466 e.